The van der Waals surface area contributed by atoms with Crippen molar-refractivity contribution in [2.75, 3.05) is 6.54 Å². The molecule has 2 aromatic rings. The van der Waals surface area contributed by atoms with Crippen molar-refractivity contribution >= 4 is 0 Å². The number of aromatic nitrogens is 2. The molecule has 2 aliphatic rings. The Morgan fingerprint density at radius 3 is 2.73 bits per heavy atom. The monoisotopic (exact) mass is 295 g/mol. The molecule has 22 heavy (non-hydrogen) atoms. The van der Waals surface area contributed by atoms with Gasteiger partial charge in [0.15, 0.2) is 0 Å². The Morgan fingerprint density at radius 2 is 1.91 bits per heavy atom. The van der Waals surface area contributed by atoms with Gasteiger partial charge in [0, 0.05) is 18.2 Å². The van der Waals surface area contributed by atoms with E-state index >= 15 is 0 Å². The second-order valence-corrected chi connectivity index (χ2v) is 6.79. The summed E-state index contributed by atoms with van der Waals surface area (Å²) in [5.74, 6) is 0.896. The molecule has 1 saturated carbocycles. The molecular weight excluding hydrogens is 270 g/mol. The number of nitrogens with zero attached hydrogens (tertiary/aromatic N) is 2. The lowest BCUT2D eigenvalue weighted by molar-refractivity contribution is 0.277. The van der Waals surface area contributed by atoms with Gasteiger partial charge in [0.1, 0.15) is 0 Å². The maximum atomic E-state index is 4.84. The number of fused-ring (bicyclic) bond motifs is 1. The molecule has 3 heteroatoms. The van der Waals surface area contributed by atoms with Crippen molar-refractivity contribution in [3.63, 3.8) is 0 Å². The van der Waals surface area contributed by atoms with Crippen LogP contribution < -0.4 is 5.32 Å². The molecule has 1 fully saturated rings. The van der Waals surface area contributed by atoms with E-state index < -0.39 is 0 Å². The van der Waals surface area contributed by atoms with E-state index in [1.54, 1.807) is 0 Å². The van der Waals surface area contributed by atoms with E-state index in [1.807, 2.05) is 0 Å². The zero-order valence-electron chi connectivity index (χ0n) is 13.2. The number of hydrogen-bond acceptors (Lipinski definition) is 2. The smallest absolute Gasteiger partial charge is 0.0926 e. The Kier molecular flexibility index (Phi) is 3.98. The average Bonchev–Trinajstić information content (AvgIpc) is 3.02. The zero-order chi connectivity index (χ0) is 14.8. The molecule has 116 valence electrons. The van der Waals surface area contributed by atoms with Crippen LogP contribution in [0.25, 0.3) is 11.3 Å². The third-order valence-electron chi connectivity index (χ3n) is 5.25. The fourth-order valence-corrected chi connectivity index (χ4v) is 4.05. The first-order valence-corrected chi connectivity index (χ1v) is 8.77. The van der Waals surface area contributed by atoms with Crippen molar-refractivity contribution in [1.29, 1.82) is 0 Å². The number of rotatable bonds is 3. The van der Waals surface area contributed by atoms with Crippen molar-refractivity contribution in [1.82, 2.24) is 15.1 Å². The summed E-state index contributed by atoms with van der Waals surface area (Å²) in [5, 5.41) is 8.57. The molecule has 2 heterocycles. The molecule has 1 aromatic heterocycles. The zero-order valence-corrected chi connectivity index (χ0v) is 13.2. The summed E-state index contributed by atoms with van der Waals surface area (Å²) in [6.45, 7) is 2.03. The van der Waals surface area contributed by atoms with Crippen LogP contribution in [0.2, 0.25) is 0 Å². The second kappa shape index (κ2) is 6.25. The highest BCUT2D eigenvalue weighted by molar-refractivity contribution is 5.59. The molecule has 0 bridgehead atoms. The summed E-state index contributed by atoms with van der Waals surface area (Å²) in [6, 6.07) is 13.3. The first kappa shape index (κ1) is 14.0. The maximum Gasteiger partial charge on any atom is 0.0926 e. The van der Waals surface area contributed by atoms with E-state index in [0.29, 0.717) is 6.04 Å². The lowest BCUT2D eigenvalue weighted by atomic mass is 9.84. The van der Waals surface area contributed by atoms with E-state index in [9.17, 15) is 0 Å². The Hall–Kier alpha value is -1.61. The Balaban J connectivity index is 1.56. The van der Waals surface area contributed by atoms with Gasteiger partial charge in [0.2, 0.25) is 0 Å². The molecule has 1 aliphatic carbocycles. The number of benzene rings is 1. The van der Waals surface area contributed by atoms with Gasteiger partial charge in [-0.05, 0) is 18.4 Å². The quantitative estimate of drug-likeness (QED) is 0.921. The summed E-state index contributed by atoms with van der Waals surface area (Å²) in [5.41, 5.74) is 3.73. The van der Waals surface area contributed by atoms with Crippen LogP contribution in [-0.2, 0) is 6.54 Å². The normalized spacial score (nSPS) is 22.5. The number of nitrogens with one attached hydrogen (secondary N) is 1. The lowest BCUT2D eigenvalue weighted by Crippen LogP contribution is -2.35. The molecule has 1 aliphatic heterocycles. The van der Waals surface area contributed by atoms with Crippen LogP contribution in [0.5, 0.6) is 0 Å². The van der Waals surface area contributed by atoms with E-state index in [-0.39, 0.29) is 0 Å². The summed E-state index contributed by atoms with van der Waals surface area (Å²) in [7, 11) is 0. The third kappa shape index (κ3) is 2.82. The molecule has 0 spiro atoms. The predicted molar refractivity (Wildman–Crippen MR) is 89.6 cm³/mol. The van der Waals surface area contributed by atoms with Crippen molar-refractivity contribution < 1.29 is 0 Å². The minimum Gasteiger partial charge on any atom is -0.307 e. The van der Waals surface area contributed by atoms with Crippen LogP contribution in [0.1, 0.15) is 50.3 Å². The highest BCUT2D eigenvalue weighted by atomic mass is 15.3. The van der Waals surface area contributed by atoms with Gasteiger partial charge in [-0.2, -0.15) is 5.10 Å². The van der Waals surface area contributed by atoms with Crippen LogP contribution in [-0.4, -0.2) is 16.3 Å². The largest absolute Gasteiger partial charge is 0.307 e. The summed E-state index contributed by atoms with van der Waals surface area (Å²) >= 11 is 0. The van der Waals surface area contributed by atoms with E-state index in [2.05, 4.69) is 46.4 Å². The van der Waals surface area contributed by atoms with Gasteiger partial charge in [-0.3, -0.25) is 4.68 Å². The van der Waals surface area contributed by atoms with Gasteiger partial charge in [-0.15, -0.1) is 0 Å². The second-order valence-electron chi connectivity index (χ2n) is 6.79. The lowest BCUT2D eigenvalue weighted by Gasteiger charge is -2.30. The van der Waals surface area contributed by atoms with Crippen molar-refractivity contribution in [3.8, 4) is 11.3 Å². The molecule has 1 aromatic carbocycles. The molecule has 1 unspecified atom stereocenters. The fourth-order valence-electron chi connectivity index (χ4n) is 4.05. The van der Waals surface area contributed by atoms with Crippen molar-refractivity contribution in [2.24, 2.45) is 5.92 Å². The van der Waals surface area contributed by atoms with Gasteiger partial charge in [0.25, 0.3) is 0 Å². The number of hydrogen-bond donors (Lipinski definition) is 1. The van der Waals surface area contributed by atoms with Crippen molar-refractivity contribution in [3.05, 3.63) is 42.1 Å². The van der Waals surface area contributed by atoms with E-state index in [1.165, 1.54) is 49.8 Å². The van der Waals surface area contributed by atoms with Gasteiger partial charge < -0.3 is 5.32 Å². The van der Waals surface area contributed by atoms with E-state index in [4.69, 9.17) is 5.10 Å². The molecule has 3 nitrogen and oxygen atoms in total. The molecule has 0 saturated heterocycles. The van der Waals surface area contributed by atoms with Gasteiger partial charge in [-0.1, -0.05) is 62.4 Å². The minimum atomic E-state index is 0.488. The SMILES string of the molecule is c1ccc(-c2cc3n(n2)CCNC3CC2CCCCC2)cc1. The molecule has 1 N–H and O–H groups in total. The summed E-state index contributed by atoms with van der Waals surface area (Å²) < 4.78 is 2.23. The molecular formula is C19H25N3. The first-order valence-electron chi connectivity index (χ1n) is 8.77. The average molecular weight is 295 g/mol. The Bertz CT molecular complexity index is 611. The highest BCUT2D eigenvalue weighted by Crippen LogP contribution is 2.34. The van der Waals surface area contributed by atoms with Crippen LogP contribution in [0.4, 0.5) is 0 Å². The molecule has 4 rings (SSSR count). The standard InChI is InChI=1S/C19H25N3/c1-3-7-15(8-4-1)13-18-19-14-17(16-9-5-2-6-10-16)21-22(19)12-11-20-18/h2,5-6,9-10,14-15,18,20H,1,3-4,7-8,11-13H2. The predicted octanol–water partition coefficient (Wildman–Crippen LogP) is 4.16. The van der Waals surface area contributed by atoms with Crippen LogP contribution in [0.15, 0.2) is 36.4 Å². The van der Waals surface area contributed by atoms with Crippen LogP contribution in [0.3, 0.4) is 0 Å². The van der Waals surface area contributed by atoms with Gasteiger partial charge in [0.05, 0.1) is 17.9 Å². The third-order valence-corrected chi connectivity index (χ3v) is 5.25. The van der Waals surface area contributed by atoms with E-state index in [0.717, 1.165) is 24.7 Å². The maximum absolute atomic E-state index is 4.84. The Labute approximate surface area is 132 Å². The van der Waals surface area contributed by atoms with Gasteiger partial charge in [-0.25, -0.2) is 0 Å². The highest BCUT2D eigenvalue weighted by Gasteiger charge is 2.26. The topological polar surface area (TPSA) is 29.9 Å². The van der Waals surface area contributed by atoms with Gasteiger partial charge >= 0.3 is 0 Å². The van der Waals surface area contributed by atoms with Crippen LogP contribution in [0, 0.1) is 5.92 Å². The summed E-state index contributed by atoms with van der Waals surface area (Å²) in [6.07, 6.45) is 8.39. The molecule has 1 atom stereocenters. The van der Waals surface area contributed by atoms with Crippen molar-refractivity contribution in [2.45, 2.75) is 51.1 Å². The first-order chi connectivity index (χ1) is 10.9. The minimum absolute atomic E-state index is 0.488. The Morgan fingerprint density at radius 1 is 1.09 bits per heavy atom. The van der Waals surface area contributed by atoms with Crippen LogP contribution >= 0.6 is 0 Å². The summed E-state index contributed by atoms with van der Waals surface area (Å²) in [4.78, 5) is 0. The molecule has 0 radical (unpaired) electrons. The molecule has 0 amide bonds. The fraction of sp³-hybridized carbons (Fsp3) is 0.526.